The molecule has 1 atom stereocenters. The fourth-order valence-electron chi connectivity index (χ4n) is 2.32. The molecule has 0 fully saturated rings. The molecule has 17 heavy (non-hydrogen) atoms. The molecule has 0 spiro atoms. The maximum absolute atomic E-state index is 4.10. The predicted molar refractivity (Wildman–Crippen MR) is 71.1 cm³/mol. The molecule has 88 valence electrons. The van der Waals surface area contributed by atoms with Gasteiger partial charge < -0.3 is 9.88 Å². The Bertz CT molecular complexity index is 499. The van der Waals surface area contributed by atoms with Crippen LogP contribution >= 0.6 is 11.3 Å². The average molecular weight is 245 g/mol. The summed E-state index contributed by atoms with van der Waals surface area (Å²) in [5.41, 5.74) is 2.48. The topological polar surface area (TPSA) is 31.9 Å². The number of imidazole rings is 1. The van der Waals surface area contributed by atoms with Gasteiger partial charge in [-0.15, -0.1) is 11.3 Å². The van der Waals surface area contributed by atoms with Crippen molar-refractivity contribution in [3.63, 3.8) is 0 Å². The molecule has 1 aliphatic heterocycles. The van der Waals surface area contributed by atoms with Crippen LogP contribution in [0.3, 0.4) is 0 Å². The summed E-state index contributed by atoms with van der Waals surface area (Å²) in [6.45, 7) is 2.09. The monoisotopic (exact) mass is 245 g/mol. The van der Waals surface area contributed by atoms with E-state index in [2.05, 4.69) is 45.5 Å². The molecule has 0 saturated heterocycles. The van der Waals surface area contributed by atoms with Crippen molar-refractivity contribution in [1.82, 2.24) is 14.9 Å². The van der Waals surface area contributed by atoms with Gasteiger partial charge in [0, 0.05) is 23.9 Å². The lowest BCUT2D eigenvalue weighted by Crippen LogP contribution is -2.29. The molecule has 3 nitrogen and oxygen atoms in total. The Morgan fingerprint density at radius 1 is 1.53 bits per heavy atom. The zero-order chi connectivity index (χ0) is 11.7. The highest BCUT2D eigenvalue weighted by atomic mass is 32.1. The van der Waals surface area contributed by atoms with Gasteiger partial charge in [0.05, 0.1) is 18.2 Å². The van der Waals surface area contributed by atoms with Gasteiger partial charge in [-0.25, -0.2) is 4.98 Å². The molecule has 0 bridgehead atoms. The second kappa shape index (κ2) is 4.47. The SMILES string of the molecule is CN1CC(c2cnc[nH]2)=CC(c2cccs2)C1. The number of nitrogens with zero attached hydrogens (tertiary/aromatic N) is 2. The summed E-state index contributed by atoms with van der Waals surface area (Å²) >= 11 is 1.83. The van der Waals surface area contributed by atoms with E-state index in [4.69, 9.17) is 0 Å². The van der Waals surface area contributed by atoms with Crippen LogP contribution in [0.15, 0.2) is 36.1 Å². The van der Waals surface area contributed by atoms with Crippen LogP contribution in [0.4, 0.5) is 0 Å². The van der Waals surface area contributed by atoms with E-state index in [0.29, 0.717) is 5.92 Å². The van der Waals surface area contributed by atoms with Gasteiger partial charge in [0.15, 0.2) is 0 Å². The summed E-state index contributed by atoms with van der Waals surface area (Å²) in [6, 6.07) is 4.34. The van der Waals surface area contributed by atoms with Crippen LogP contribution in [0, 0.1) is 0 Å². The lowest BCUT2D eigenvalue weighted by Gasteiger charge is -2.28. The summed E-state index contributed by atoms with van der Waals surface area (Å²) < 4.78 is 0. The smallest absolute Gasteiger partial charge is 0.0924 e. The summed E-state index contributed by atoms with van der Waals surface area (Å²) in [7, 11) is 2.17. The number of aromatic nitrogens is 2. The zero-order valence-corrected chi connectivity index (χ0v) is 10.6. The Balaban J connectivity index is 1.93. The normalized spacial score (nSPS) is 21.5. The van der Waals surface area contributed by atoms with Crippen molar-refractivity contribution in [3.05, 3.63) is 46.7 Å². The van der Waals surface area contributed by atoms with Crippen LogP contribution in [0.5, 0.6) is 0 Å². The van der Waals surface area contributed by atoms with E-state index in [1.807, 2.05) is 17.5 Å². The molecule has 1 aliphatic rings. The number of aromatic amines is 1. The first-order valence-corrected chi connectivity index (χ1v) is 6.62. The van der Waals surface area contributed by atoms with E-state index < -0.39 is 0 Å². The molecular weight excluding hydrogens is 230 g/mol. The molecule has 0 aromatic carbocycles. The average Bonchev–Trinajstić information content (AvgIpc) is 3.02. The van der Waals surface area contributed by atoms with Gasteiger partial charge in [-0.2, -0.15) is 0 Å². The van der Waals surface area contributed by atoms with Gasteiger partial charge in [-0.1, -0.05) is 12.1 Å². The minimum absolute atomic E-state index is 0.507. The molecule has 3 rings (SSSR count). The molecule has 0 amide bonds. The van der Waals surface area contributed by atoms with Crippen LogP contribution in [0.25, 0.3) is 5.57 Å². The summed E-state index contributed by atoms with van der Waals surface area (Å²) in [5.74, 6) is 0.507. The van der Waals surface area contributed by atoms with E-state index in [1.54, 1.807) is 6.33 Å². The highest BCUT2D eigenvalue weighted by Crippen LogP contribution is 2.30. The van der Waals surface area contributed by atoms with Crippen LogP contribution in [0.1, 0.15) is 16.5 Å². The molecule has 0 saturated carbocycles. The molecule has 2 aromatic heterocycles. The largest absolute Gasteiger partial charge is 0.345 e. The highest BCUT2D eigenvalue weighted by molar-refractivity contribution is 7.10. The van der Waals surface area contributed by atoms with E-state index in [-0.39, 0.29) is 0 Å². The molecule has 1 N–H and O–H groups in total. The van der Waals surface area contributed by atoms with Crippen LogP contribution in [-0.4, -0.2) is 35.0 Å². The third kappa shape index (κ3) is 2.18. The number of thiophene rings is 1. The maximum atomic E-state index is 4.10. The lowest BCUT2D eigenvalue weighted by atomic mass is 9.97. The molecule has 0 radical (unpaired) electrons. The summed E-state index contributed by atoms with van der Waals surface area (Å²) in [6.07, 6.45) is 6.01. The van der Waals surface area contributed by atoms with E-state index >= 15 is 0 Å². The van der Waals surface area contributed by atoms with E-state index in [1.165, 1.54) is 10.5 Å². The van der Waals surface area contributed by atoms with E-state index in [0.717, 1.165) is 18.8 Å². The number of hydrogen-bond donors (Lipinski definition) is 1. The van der Waals surface area contributed by atoms with Crippen molar-refractivity contribution in [2.45, 2.75) is 5.92 Å². The quantitative estimate of drug-likeness (QED) is 0.882. The van der Waals surface area contributed by atoms with Crippen molar-refractivity contribution >= 4 is 16.9 Å². The summed E-state index contributed by atoms with van der Waals surface area (Å²) in [5, 5.41) is 2.15. The van der Waals surface area contributed by atoms with Crippen molar-refractivity contribution in [1.29, 1.82) is 0 Å². The Kier molecular flexibility index (Phi) is 2.82. The first-order chi connectivity index (χ1) is 8.33. The van der Waals surface area contributed by atoms with Gasteiger partial charge in [0.2, 0.25) is 0 Å². The molecule has 0 aliphatic carbocycles. The fourth-order valence-corrected chi connectivity index (χ4v) is 3.11. The molecule has 1 unspecified atom stereocenters. The third-order valence-electron chi connectivity index (χ3n) is 3.10. The lowest BCUT2D eigenvalue weighted by molar-refractivity contribution is 0.354. The Morgan fingerprint density at radius 2 is 2.47 bits per heavy atom. The van der Waals surface area contributed by atoms with Gasteiger partial charge >= 0.3 is 0 Å². The number of likely N-dealkylation sites (N-methyl/N-ethyl adjacent to an activating group) is 1. The van der Waals surface area contributed by atoms with Gasteiger partial charge in [-0.05, 0) is 24.1 Å². The van der Waals surface area contributed by atoms with Gasteiger partial charge in [0.1, 0.15) is 0 Å². The van der Waals surface area contributed by atoms with Crippen LogP contribution in [-0.2, 0) is 0 Å². The minimum Gasteiger partial charge on any atom is -0.345 e. The number of hydrogen-bond acceptors (Lipinski definition) is 3. The zero-order valence-electron chi connectivity index (χ0n) is 9.76. The molecule has 2 aromatic rings. The highest BCUT2D eigenvalue weighted by Gasteiger charge is 2.20. The van der Waals surface area contributed by atoms with Crippen LogP contribution in [0.2, 0.25) is 0 Å². The van der Waals surface area contributed by atoms with Crippen molar-refractivity contribution < 1.29 is 0 Å². The number of rotatable bonds is 2. The maximum Gasteiger partial charge on any atom is 0.0924 e. The summed E-state index contributed by atoms with van der Waals surface area (Å²) in [4.78, 5) is 11.1. The molecule has 3 heterocycles. The molecule has 4 heteroatoms. The fraction of sp³-hybridized carbons (Fsp3) is 0.308. The van der Waals surface area contributed by atoms with E-state index in [9.17, 15) is 0 Å². The minimum atomic E-state index is 0.507. The first-order valence-electron chi connectivity index (χ1n) is 5.74. The van der Waals surface area contributed by atoms with Gasteiger partial charge in [-0.3, -0.25) is 0 Å². The van der Waals surface area contributed by atoms with Crippen molar-refractivity contribution in [2.75, 3.05) is 20.1 Å². The third-order valence-corrected chi connectivity index (χ3v) is 4.11. The molecular formula is C13H15N3S. The van der Waals surface area contributed by atoms with Crippen LogP contribution < -0.4 is 0 Å². The standard InChI is InChI=1S/C13H15N3S/c1-16-7-10(12-6-14-9-15-12)5-11(8-16)13-3-2-4-17-13/h2-6,9,11H,7-8H2,1H3,(H,14,15). The predicted octanol–water partition coefficient (Wildman–Crippen LogP) is 2.58. The van der Waals surface area contributed by atoms with Crippen molar-refractivity contribution in [2.24, 2.45) is 0 Å². The van der Waals surface area contributed by atoms with Crippen molar-refractivity contribution in [3.8, 4) is 0 Å². The second-order valence-electron chi connectivity index (χ2n) is 4.48. The Hall–Kier alpha value is -1.39. The Labute approximate surface area is 105 Å². The first kappa shape index (κ1) is 10.7. The second-order valence-corrected chi connectivity index (χ2v) is 5.46. The number of nitrogens with one attached hydrogen (secondary N) is 1. The Morgan fingerprint density at radius 3 is 3.18 bits per heavy atom. The number of H-pyrrole nitrogens is 1. The van der Waals surface area contributed by atoms with Gasteiger partial charge in [0.25, 0.3) is 0 Å².